The molecule has 8 nitrogen and oxygen atoms in total. The fraction of sp³-hybridized carbons (Fsp3) is 0.368. The van der Waals surface area contributed by atoms with Crippen molar-refractivity contribution in [2.75, 3.05) is 6.54 Å². The summed E-state index contributed by atoms with van der Waals surface area (Å²) in [6, 6.07) is 10.7. The lowest BCUT2D eigenvalue weighted by Crippen LogP contribution is -2.28. The van der Waals surface area contributed by atoms with E-state index in [1.165, 1.54) is 17.8 Å². The zero-order valence-corrected chi connectivity index (χ0v) is 15.3. The number of likely N-dealkylation sites (tertiary alicyclic amines) is 1. The first kappa shape index (κ1) is 17.4. The Balaban J connectivity index is 1.55. The van der Waals surface area contributed by atoms with Crippen LogP contribution < -0.4 is 0 Å². The molecule has 0 saturated carbocycles. The normalized spacial score (nSPS) is 18.7. The van der Waals surface area contributed by atoms with E-state index in [0.29, 0.717) is 23.4 Å². The minimum atomic E-state index is -0.428. The Morgan fingerprint density at radius 3 is 2.70 bits per heavy atom. The van der Waals surface area contributed by atoms with Gasteiger partial charge in [0.2, 0.25) is 11.8 Å². The van der Waals surface area contributed by atoms with Gasteiger partial charge in [-0.15, -0.1) is 10.2 Å². The van der Waals surface area contributed by atoms with Gasteiger partial charge < -0.3 is 8.98 Å². The van der Waals surface area contributed by atoms with Crippen LogP contribution in [-0.4, -0.2) is 31.1 Å². The smallest absolute Gasteiger partial charge is 0.269 e. The third-order valence-corrected chi connectivity index (χ3v) is 5.24. The third kappa shape index (κ3) is 3.23. The van der Waals surface area contributed by atoms with E-state index in [4.69, 9.17) is 4.42 Å². The maximum Gasteiger partial charge on any atom is 0.269 e. The van der Waals surface area contributed by atoms with Crippen LogP contribution in [0.25, 0.3) is 11.5 Å². The van der Waals surface area contributed by atoms with Gasteiger partial charge in [0.15, 0.2) is 0 Å². The average molecular weight is 367 g/mol. The number of aryl methyl sites for hydroxylation is 1. The van der Waals surface area contributed by atoms with E-state index in [1.807, 2.05) is 0 Å². The first-order chi connectivity index (χ1) is 13.0. The Labute approximate surface area is 156 Å². The highest BCUT2D eigenvalue weighted by Gasteiger charge is 2.34. The number of aromatic nitrogens is 3. The Kier molecular flexibility index (Phi) is 4.49. The molecule has 0 radical (unpaired) electrons. The number of rotatable bonds is 5. The highest BCUT2D eigenvalue weighted by Crippen LogP contribution is 2.38. The molecule has 0 spiro atoms. The minimum Gasteiger partial charge on any atom is -0.419 e. The molecule has 3 heterocycles. The molecule has 27 heavy (non-hydrogen) atoms. The Morgan fingerprint density at radius 1 is 1.26 bits per heavy atom. The van der Waals surface area contributed by atoms with Crippen molar-refractivity contribution >= 4 is 5.69 Å². The van der Waals surface area contributed by atoms with Crippen LogP contribution >= 0.6 is 0 Å². The lowest BCUT2D eigenvalue weighted by atomic mass is 10.1. The third-order valence-electron chi connectivity index (χ3n) is 5.24. The maximum atomic E-state index is 10.8. The van der Waals surface area contributed by atoms with Crippen LogP contribution in [0.3, 0.4) is 0 Å². The molecule has 2 atom stereocenters. The van der Waals surface area contributed by atoms with Crippen LogP contribution in [0.1, 0.15) is 43.4 Å². The van der Waals surface area contributed by atoms with E-state index in [-0.39, 0.29) is 11.7 Å². The van der Waals surface area contributed by atoms with Crippen molar-refractivity contribution < 1.29 is 9.34 Å². The van der Waals surface area contributed by atoms with Crippen LogP contribution in [0.5, 0.6) is 0 Å². The second-order valence-electron chi connectivity index (χ2n) is 6.87. The summed E-state index contributed by atoms with van der Waals surface area (Å²) in [6.07, 6.45) is 4.30. The minimum absolute atomic E-state index is 0.00769. The van der Waals surface area contributed by atoms with E-state index in [1.54, 1.807) is 12.1 Å². The fourth-order valence-corrected chi connectivity index (χ4v) is 3.78. The van der Waals surface area contributed by atoms with Gasteiger partial charge >= 0.3 is 0 Å². The molecule has 1 fully saturated rings. The van der Waals surface area contributed by atoms with Crippen LogP contribution in [0, 0.1) is 10.1 Å². The number of non-ortho nitro benzene ring substituents is 1. The molecule has 2 aromatic heterocycles. The Morgan fingerprint density at radius 2 is 2.04 bits per heavy atom. The van der Waals surface area contributed by atoms with Gasteiger partial charge in [0, 0.05) is 36.6 Å². The number of nitro benzene ring substituents is 1. The predicted molar refractivity (Wildman–Crippen MR) is 98.9 cm³/mol. The molecule has 3 aromatic rings. The van der Waals surface area contributed by atoms with Crippen molar-refractivity contribution in [3.63, 3.8) is 0 Å². The molecule has 1 aromatic carbocycles. The molecule has 4 rings (SSSR count). The summed E-state index contributed by atoms with van der Waals surface area (Å²) in [7, 11) is 2.07. The van der Waals surface area contributed by atoms with Crippen molar-refractivity contribution in [2.24, 2.45) is 7.05 Å². The predicted octanol–water partition coefficient (Wildman–Crippen LogP) is 3.88. The zero-order chi connectivity index (χ0) is 19.0. The van der Waals surface area contributed by atoms with Crippen LogP contribution in [0.4, 0.5) is 5.69 Å². The summed E-state index contributed by atoms with van der Waals surface area (Å²) in [5.74, 6) is 0.936. The number of hydrogen-bond donors (Lipinski definition) is 0. The van der Waals surface area contributed by atoms with Gasteiger partial charge in [0.05, 0.1) is 17.0 Å². The van der Waals surface area contributed by atoms with Gasteiger partial charge in [0.25, 0.3) is 5.69 Å². The molecule has 0 N–H and O–H groups in total. The summed E-state index contributed by atoms with van der Waals surface area (Å²) in [5.41, 5.74) is 2.00. The lowest BCUT2D eigenvalue weighted by molar-refractivity contribution is -0.384. The van der Waals surface area contributed by atoms with Crippen molar-refractivity contribution in [3.05, 3.63) is 64.3 Å². The SMILES string of the molecule is C[C@H](c1nnc(-c2ccc([N+](=O)[O-])cc2)o1)N1CCC[C@@H]1c1cccn1C. The van der Waals surface area contributed by atoms with Crippen molar-refractivity contribution in [1.82, 2.24) is 19.7 Å². The molecular formula is C19H21N5O3. The lowest BCUT2D eigenvalue weighted by Gasteiger charge is -2.28. The fourth-order valence-electron chi connectivity index (χ4n) is 3.78. The summed E-state index contributed by atoms with van der Waals surface area (Å²) in [4.78, 5) is 12.8. The molecule has 1 aliphatic rings. The Bertz CT molecular complexity index is 946. The summed E-state index contributed by atoms with van der Waals surface area (Å²) in [5, 5.41) is 19.2. The van der Waals surface area contributed by atoms with Crippen molar-refractivity contribution in [2.45, 2.75) is 31.8 Å². The molecule has 0 bridgehead atoms. The molecule has 8 heteroatoms. The number of hydrogen-bond acceptors (Lipinski definition) is 6. The van der Waals surface area contributed by atoms with Gasteiger partial charge in [-0.05, 0) is 50.6 Å². The highest BCUT2D eigenvalue weighted by molar-refractivity contribution is 5.55. The summed E-state index contributed by atoms with van der Waals surface area (Å²) >= 11 is 0. The van der Waals surface area contributed by atoms with Gasteiger partial charge in [-0.1, -0.05) is 0 Å². The largest absolute Gasteiger partial charge is 0.419 e. The molecule has 0 unspecified atom stereocenters. The van der Waals surface area contributed by atoms with Crippen LogP contribution in [0.15, 0.2) is 47.0 Å². The molecule has 140 valence electrons. The molecule has 0 amide bonds. The van der Waals surface area contributed by atoms with E-state index in [0.717, 1.165) is 19.4 Å². The summed E-state index contributed by atoms with van der Waals surface area (Å²) < 4.78 is 8.06. The molecule has 1 saturated heterocycles. The number of benzene rings is 1. The average Bonchev–Trinajstić information content (AvgIpc) is 3.41. The number of nitro groups is 1. The van der Waals surface area contributed by atoms with Gasteiger partial charge in [-0.2, -0.15) is 0 Å². The summed E-state index contributed by atoms with van der Waals surface area (Å²) in [6.45, 7) is 3.06. The second-order valence-corrected chi connectivity index (χ2v) is 6.87. The van der Waals surface area contributed by atoms with Crippen LogP contribution in [0.2, 0.25) is 0 Å². The number of nitrogens with zero attached hydrogens (tertiary/aromatic N) is 5. The monoisotopic (exact) mass is 367 g/mol. The maximum absolute atomic E-state index is 10.8. The highest BCUT2D eigenvalue weighted by atomic mass is 16.6. The van der Waals surface area contributed by atoms with Gasteiger partial charge in [0.1, 0.15) is 0 Å². The van der Waals surface area contributed by atoms with E-state index in [2.05, 4.69) is 52.0 Å². The van der Waals surface area contributed by atoms with E-state index < -0.39 is 4.92 Å². The van der Waals surface area contributed by atoms with Crippen LogP contribution in [-0.2, 0) is 7.05 Å². The standard InChI is InChI=1S/C19H21N5O3/c1-13(23-12-4-6-17(23)16-5-3-11-22(16)2)18-20-21-19(27-18)14-7-9-15(10-8-14)24(25)26/h3,5,7-11,13,17H,4,6,12H2,1-2H3/t13-,17-/m1/s1. The first-order valence-electron chi connectivity index (χ1n) is 9.00. The van der Waals surface area contributed by atoms with Gasteiger partial charge in [-0.25, -0.2) is 0 Å². The molecule has 1 aliphatic heterocycles. The first-order valence-corrected chi connectivity index (χ1v) is 9.00. The Hall–Kier alpha value is -3.00. The van der Waals surface area contributed by atoms with Gasteiger partial charge in [-0.3, -0.25) is 15.0 Å². The van der Waals surface area contributed by atoms with E-state index >= 15 is 0 Å². The van der Waals surface area contributed by atoms with E-state index in [9.17, 15) is 10.1 Å². The molecular weight excluding hydrogens is 346 g/mol. The topological polar surface area (TPSA) is 90.2 Å². The quantitative estimate of drug-likeness (QED) is 0.502. The molecule has 0 aliphatic carbocycles. The zero-order valence-electron chi connectivity index (χ0n) is 15.3. The van der Waals surface area contributed by atoms with Crippen molar-refractivity contribution in [3.8, 4) is 11.5 Å². The second kappa shape index (κ2) is 6.96. The van der Waals surface area contributed by atoms with Crippen molar-refractivity contribution in [1.29, 1.82) is 0 Å².